The molecule has 0 aliphatic heterocycles. The van der Waals surface area contributed by atoms with E-state index in [2.05, 4.69) is 19.9 Å². The van der Waals surface area contributed by atoms with E-state index in [0.717, 1.165) is 0 Å². The zero-order valence-corrected chi connectivity index (χ0v) is 11.5. The lowest BCUT2D eigenvalue weighted by Crippen LogP contribution is -2.00. The zero-order chi connectivity index (χ0) is 14.8. The van der Waals surface area contributed by atoms with Gasteiger partial charge in [0.15, 0.2) is 5.75 Å². The van der Waals surface area contributed by atoms with Gasteiger partial charge in [-0.1, -0.05) is 17.7 Å². The van der Waals surface area contributed by atoms with Gasteiger partial charge in [0.25, 0.3) is 0 Å². The quantitative estimate of drug-likeness (QED) is 0.754. The van der Waals surface area contributed by atoms with Gasteiger partial charge in [-0.05, 0) is 18.2 Å². The van der Waals surface area contributed by atoms with E-state index < -0.39 is 0 Å². The van der Waals surface area contributed by atoms with Crippen molar-refractivity contribution < 1.29 is 5.11 Å². The number of rotatable bonds is 2. The van der Waals surface area contributed by atoms with E-state index in [9.17, 15) is 5.11 Å². The molecular formula is C14H10ClN5O. The highest BCUT2D eigenvalue weighted by Crippen LogP contribution is 2.31. The Balaban J connectivity index is 2.21. The maximum absolute atomic E-state index is 9.46. The lowest BCUT2D eigenvalue weighted by Gasteiger charge is -2.08. The van der Waals surface area contributed by atoms with Gasteiger partial charge in [0.1, 0.15) is 17.2 Å². The average molecular weight is 300 g/mol. The molecule has 0 fully saturated rings. The molecule has 0 aliphatic carbocycles. The van der Waals surface area contributed by atoms with Gasteiger partial charge in [0, 0.05) is 6.20 Å². The number of nitrogens with zero attached hydrogens (tertiary/aromatic N) is 4. The first kappa shape index (κ1) is 13.3. The van der Waals surface area contributed by atoms with Crippen molar-refractivity contribution in [3.63, 3.8) is 0 Å². The van der Waals surface area contributed by atoms with Gasteiger partial charge >= 0.3 is 0 Å². The SMILES string of the molecule is Nc1cnc(-c2cc(Cl)c(O)cn2)c(-c2ccccn2)n1. The highest BCUT2D eigenvalue weighted by atomic mass is 35.5. The van der Waals surface area contributed by atoms with Crippen LogP contribution in [0.15, 0.2) is 42.9 Å². The molecule has 3 rings (SSSR count). The Labute approximate surface area is 125 Å². The van der Waals surface area contributed by atoms with Crippen LogP contribution in [0.3, 0.4) is 0 Å². The first-order valence-corrected chi connectivity index (χ1v) is 6.42. The summed E-state index contributed by atoms with van der Waals surface area (Å²) in [5, 5.41) is 9.64. The molecule has 21 heavy (non-hydrogen) atoms. The molecule has 0 spiro atoms. The van der Waals surface area contributed by atoms with Crippen LogP contribution in [0.1, 0.15) is 0 Å². The molecule has 0 aromatic carbocycles. The number of aromatic nitrogens is 4. The van der Waals surface area contributed by atoms with Crippen molar-refractivity contribution in [2.45, 2.75) is 0 Å². The third-order valence-corrected chi connectivity index (χ3v) is 3.08. The van der Waals surface area contributed by atoms with Crippen LogP contribution < -0.4 is 5.73 Å². The van der Waals surface area contributed by atoms with E-state index >= 15 is 0 Å². The highest BCUT2D eigenvalue weighted by molar-refractivity contribution is 6.32. The Morgan fingerprint density at radius 3 is 2.57 bits per heavy atom. The highest BCUT2D eigenvalue weighted by Gasteiger charge is 2.14. The van der Waals surface area contributed by atoms with Crippen LogP contribution in [0.4, 0.5) is 5.82 Å². The van der Waals surface area contributed by atoms with E-state index in [-0.39, 0.29) is 16.6 Å². The summed E-state index contributed by atoms with van der Waals surface area (Å²) in [5.74, 6) is 0.187. The molecule has 3 N–H and O–H groups in total. The molecular weight excluding hydrogens is 290 g/mol. The Hall–Kier alpha value is -2.73. The minimum absolute atomic E-state index is 0.0943. The first-order valence-electron chi connectivity index (χ1n) is 6.04. The fourth-order valence-corrected chi connectivity index (χ4v) is 1.98. The number of pyridine rings is 2. The Kier molecular flexibility index (Phi) is 3.37. The smallest absolute Gasteiger partial charge is 0.152 e. The van der Waals surface area contributed by atoms with Crippen molar-refractivity contribution in [3.05, 3.63) is 47.9 Å². The molecule has 0 aliphatic rings. The van der Waals surface area contributed by atoms with Gasteiger partial charge in [-0.25, -0.2) is 9.97 Å². The fraction of sp³-hybridized carbons (Fsp3) is 0. The molecule has 0 atom stereocenters. The van der Waals surface area contributed by atoms with Crippen LogP contribution in [0, 0.1) is 0 Å². The molecule has 0 saturated carbocycles. The molecule has 0 unspecified atom stereocenters. The first-order chi connectivity index (χ1) is 10.1. The number of halogens is 1. The van der Waals surface area contributed by atoms with Crippen LogP contribution in [0.5, 0.6) is 5.75 Å². The molecule has 3 aromatic heterocycles. The van der Waals surface area contributed by atoms with Gasteiger partial charge in [-0.15, -0.1) is 0 Å². The van der Waals surface area contributed by atoms with Crippen molar-refractivity contribution in [3.8, 4) is 28.5 Å². The third-order valence-electron chi connectivity index (χ3n) is 2.78. The maximum atomic E-state index is 9.46. The number of nitrogen functional groups attached to an aromatic ring is 1. The molecule has 0 saturated heterocycles. The van der Waals surface area contributed by atoms with Crippen LogP contribution in [0.2, 0.25) is 5.02 Å². The summed E-state index contributed by atoms with van der Waals surface area (Å²) in [7, 11) is 0. The van der Waals surface area contributed by atoms with Gasteiger partial charge in [-0.2, -0.15) is 0 Å². The standard InChI is InChI=1S/C14H10ClN5O/c15-8-5-10(18-6-11(8)21)13-14(20-12(16)7-19-13)9-3-1-2-4-17-9/h1-7,21H,(H2,16,20). The number of hydrogen-bond donors (Lipinski definition) is 2. The zero-order valence-electron chi connectivity index (χ0n) is 10.7. The van der Waals surface area contributed by atoms with Crippen LogP contribution in [-0.2, 0) is 0 Å². The second-order valence-electron chi connectivity index (χ2n) is 4.23. The summed E-state index contributed by atoms with van der Waals surface area (Å²) in [6, 6.07) is 6.96. The van der Waals surface area contributed by atoms with E-state index in [1.165, 1.54) is 18.5 Å². The van der Waals surface area contributed by atoms with E-state index in [0.29, 0.717) is 22.8 Å². The van der Waals surface area contributed by atoms with Crippen LogP contribution in [-0.4, -0.2) is 25.0 Å². The molecule has 0 bridgehead atoms. The summed E-state index contributed by atoms with van der Waals surface area (Å²) >= 11 is 5.91. The number of hydrogen-bond acceptors (Lipinski definition) is 6. The second kappa shape index (κ2) is 5.34. The molecule has 3 aromatic rings. The number of anilines is 1. The molecule has 0 amide bonds. The molecule has 3 heterocycles. The largest absolute Gasteiger partial charge is 0.505 e. The lowest BCUT2D eigenvalue weighted by molar-refractivity contribution is 0.473. The van der Waals surface area contributed by atoms with E-state index in [4.69, 9.17) is 17.3 Å². The molecule has 7 heteroatoms. The maximum Gasteiger partial charge on any atom is 0.152 e. The summed E-state index contributed by atoms with van der Waals surface area (Å²) in [6.07, 6.45) is 4.35. The van der Waals surface area contributed by atoms with Crippen molar-refractivity contribution in [2.24, 2.45) is 0 Å². The minimum atomic E-state index is -0.0943. The minimum Gasteiger partial charge on any atom is -0.505 e. The van der Waals surface area contributed by atoms with Crippen LogP contribution in [0.25, 0.3) is 22.8 Å². The van der Waals surface area contributed by atoms with Crippen molar-refractivity contribution in [2.75, 3.05) is 5.73 Å². The van der Waals surface area contributed by atoms with Gasteiger partial charge in [-0.3, -0.25) is 9.97 Å². The van der Waals surface area contributed by atoms with Crippen molar-refractivity contribution in [1.82, 2.24) is 19.9 Å². The Morgan fingerprint density at radius 2 is 1.86 bits per heavy atom. The Bertz CT molecular complexity index is 795. The average Bonchev–Trinajstić information content (AvgIpc) is 2.51. The normalized spacial score (nSPS) is 10.5. The summed E-state index contributed by atoms with van der Waals surface area (Å²) in [6.45, 7) is 0. The van der Waals surface area contributed by atoms with E-state index in [1.807, 2.05) is 6.07 Å². The second-order valence-corrected chi connectivity index (χ2v) is 4.64. The van der Waals surface area contributed by atoms with Crippen molar-refractivity contribution >= 4 is 17.4 Å². The Morgan fingerprint density at radius 1 is 1.00 bits per heavy atom. The molecule has 104 valence electrons. The lowest BCUT2D eigenvalue weighted by atomic mass is 10.1. The topological polar surface area (TPSA) is 97.8 Å². The van der Waals surface area contributed by atoms with Crippen molar-refractivity contribution in [1.29, 1.82) is 0 Å². The third kappa shape index (κ3) is 2.61. The fourth-order valence-electron chi connectivity index (χ4n) is 1.82. The number of aromatic hydroxyl groups is 1. The summed E-state index contributed by atoms with van der Waals surface area (Å²) < 4.78 is 0. The predicted molar refractivity (Wildman–Crippen MR) is 79.6 cm³/mol. The summed E-state index contributed by atoms with van der Waals surface area (Å²) in [4.78, 5) is 16.9. The predicted octanol–water partition coefficient (Wildman–Crippen LogP) is 2.54. The monoisotopic (exact) mass is 299 g/mol. The van der Waals surface area contributed by atoms with Gasteiger partial charge < -0.3 is 10.8 Å². The van der Waals surface area contributed by atoms with E-state index in [1.54, 1.807) is 18.3 Å². The van der Waals surface area contributed by atoms with Gasteiger partial charge in [0.05, 0.1) is 28.8 Å². The number of nitrogens with two attached hydrogens (primary N) is 1. The van der Waals surface area contributed by atoms with Crippen LogP contribution >= 0.6 is 11.6 Å². The molecule has 6 nitrogen and oxygen atoms in total. The molecule has 0 radical (unpaired) electrons. The summed E-state index contributed by atoms with van der Waals surface area (Å²) in [5.41, 5.74) is 7.81. The van der Waals surface area contributed by atoms with Gasteiger partial charge in [0.2, 0.25) is 0 Å².